The molecule has 7 nitrogen and oxygen atoms in total. The topological polar surface area (TPSA) is 85.9 Å². The van der Waals surface area contributed by atoms with Gasteiger partial charge < -0.3 is 24.8 Å². The normalized spacial score (nSPS) is 11.8. The number of amides is 2. The number of hydrogen-bond acceptors (Lipinski definition) is 5. The van der Waals surface area contributed by atoms with Crippen molar-refractivity contribution in [2.45, 2.75) is 19.5 Å². The first-order valence-electron chi connectivity index (χ1n) is 7.86. The van der Waals surface area contributed by atoms with E-state index in [0.717, 1.165) is 5.56 Å². The van der Waals surface area contributed by atoms with Crippen LogP contribution in [0.5, 0.6) is 0 Å². The highest BCUT2D eigenvalue weighted by Crippen LogP contribution is 1.98. The zero-order chi connectivity index (χ0) is 17.6. The van der Waals surface area contributed by atoms with Gasteiger partial charge in [-0.1, -0.05) is 30.3 Å². The monoisotopic (exact) mass is 338 g/mol. The smallest absolute Gasteiger partial charge is 0.245 e. The average Bonchev–Trinajstić information content (AvgIpc) is 2.58. The Kier molecular flexibility index (Phi) is 10.4. The van der Waals surface area contributed by atoms with Gasteiger partial charge in [0.2, 0.25) is 11.8 Å². The van der Waals surface area contributed by atoms with Crippen molar-refractivity contribution >= 4 is 11.8 Å². The van der Waals surface area contributed by atoms with Crippen LogP contribution in [0.3, 0.4) is 0 Å². The average molecular weight is 338 g/mol. The Bertz CT molecular complexity index is 481. The molecule has 1 atom stereocenters. The largest absolute Gasteiger partial charge is 0.382 e. The quantitative estimate of drug-likeness (QED) is 0.542. The lowest BCUT2D eigenvalue weighted by Crippen LogP contribution is -2.48. The molecule has 0 saturated heterocycles. The van der Waals surface area contributed by atoms with E-state index in [9.17, 15) is 9.59 Å². The summed E-state index contributed by atoms with van der Waals surface area (Å²) in [7, 11) is 1.60. The minimum Gasteiger partial charge on any atom is -0.382 e. The summed E-state index contributed by atoms with van der Waals surface area (Å²) in [5.41, 5.74) is 0.986. The Labute approximate surface area is 142 Å². The van der Waals surface area contributed by atoms with Crippen molar-refractivity contribution in [3.05, 3.63) is 35.9 Å². The number of hydrogen-bond donors (Lipinski definition) is 2. The number of ether oxygens (including phenoxy) is 3. The molecule has 0 heterocycles. The Hall–Kier alpha value is -1.96. The van der Waals surface area contributed by atoms with Gasteiger partial charge in [-0.15, -0.1) is 0 Å². The molecule has 2 amide bonds. The van der Waals surface area contributed by atoms with Crippen LogP contribution in [0.2, 0.25) is 0 Å². The van der Waals surface area contributed by atoms with Gasteiger partial charge >= 0.3 is 0 Å². The van der Waals surface area contributed by atoms with E-state index in [2.05, 4.69) is 10.6 Å². The third kappa shape index (κ3) is 9.24. The van der Waals surface area contributed by atoms with Crippen LogP contribution in [0.1, 0.15) is 12.5 Å². The fourth-order valence-electron chi connectivity index (χ4n) is 1.90. The number of rotatable bonds is 12. The lowest BCUT2D eigenvalue weighted by atomic mass is 10.2. The lowest BCUT2D eigenvalue weighted by Gasteiger charge is -2.18. The molecule has 0 unspecified atom stereocenters. The molecular weight excluding hydrogens is 312 g/mol. The Morgan fingerprint density at radius 1 is 1.04 bits per heavy atom. The van der Waals surface area contributed by atoms with Crippen LogP contribution in [-0.2, 0) is 30.3 Å². The van der Waals surface area contributed by atoms with Crippen molar-refractivity contribution < 1.29 is 23.8 Å². The summed E-state index contributed by atoms with van der Waals surface area (Å²) in [6.45, 7) is 3.62. The van der Waals surface area contributed by atoms with Crippen LogP contribution in [0.25, 0.3) is 0 Å². The summed E-state index contributed by atoms with van der Waals surface area (Å²) in [5, 5.41) is 5.38. The lowest BCUT2D eigenvalue weighted by molar-refractivity contribution is -0.130. The molecule has 0 aromatic heterocycles. The highest BCUT2D eigenvalue weighted by molar-refractivity contribution is 5.86. The molecule has 0 radical (unpaired) electrons. The molecule has 1 aromatic carbocycles. The summed E-state index contributed by atoms with van der Waals surface area (Å²) in [5.74, 6) is -0.566. The molecule has 2 N–H and O–H groups in total. The molecule has 1 rings (SSSR count). The van der Waals surface area contributed by atoms with Crippen molar-refractivity contribution in [1.29, 1.82) is 0 Å². The van der Waals surface area contributed by atoms with Gasteiger partial charge in [-0.05, 0) is 5.56 Å². The Morgan fingerprint density at radius 2 is 1.71 bits per heavy atom. The molecule has 0 fully saturated rings. The van der Waals surface area contributed by atoms with Gasteiger partial charge in [0.25, 0.3) is 0 Å². The summed E-state index contributed by atoms with van der Waals surface area (Å²) in [4.78, 5) is 23.5. The van der Waals surface area contributed by atoms with Crippen LogP contribution in [0, 0.1) is 0 Å². The van der Waals surface area contributed by atoms with Gasteiger partial charge in [0.1, 0.15) is 6.04 Å². The molecule has 0 aliphatic rings. The second-order valence-corrected chi connectivity index (χ2v) is 5.14. The number of nitrogens with one attached hydrogen (secondary N) is 2. The molecule has 134 valence electrons. The maximum atomic E-state index is 12.2. The van der Waals surface area contributed by atoms with Gasteiger partial charge in [-0.2, -0.15) is 0 Å². The van der Waals surface area contributed by atoms with Crippen molar-refractivity contribution in [2.75, 3.05) is 40.1 Å². The van der Waals surface area contributed by atoms with Crippen LogP contribution in [0.4, 0.5) is 0 Å². The highest BCUT2D eigenvalue weighted by atomic mass is 16.5. The van der Waals surface area contributed by atoms with E-state index in [1.54, 1.807) is 7.11 Å². The van der Waals surface area contributed by atoms with Crippen LogP contribution < -0.4 is 10.6 Å². The van der Waals surface area contributed by atoms with E-state index in [0.29, 0.717) is 33.0 Å². The highest BCUT2D eigenvalue weighted by Gasteiger charge is 2.19. The number of methoxy groups -OCH3 is 1. The Balaban J connectivity index is 2.32. The zero-order valence-electron chi connectivity index (χ0n) is 14.2. The third-order valence-electron chi connectivity index (χ3n) is 3.09. The van der Waals surface area contributed by atoms with Crippen LogP contribution >= 0.6 is 0 Å². The van der Waals surface area contributed by atoms with Gasteiger partial charge in [0, 0.05) is 20.6 Å². The SMILES string of the molecule is COCCOCCOC[C@@H](NC(C)=O)C(=O)NCc1ccccc1. The molecule has 7 heteroatoms. The second-order valence-electron chi connectivity index (χ2n) is 5.14. The predicted molar refractivity (Wildman–Crippen MR) is 89.4 cm³/mol. The first kappa shape index (κ1) is 20.1. The fourth-order valence-corrected chi connectivity index (χ4v) is 1.90. The van der Waals surface area contributed by atoms with Crippen molar-refractivity contribution in [2.24, 2.45) is 0 Å². The molecular formula is C17H26N2O5. The number of benzene rings is 1. The molecule has 0 bridgehead atoms. The number of carbonyl (C=O) groups is 2. The maximum absolute atomic E-state index is 12.2. The van der Waals surface area contributed by atoms with Crippen molar-refractivity contribution in [1.82, 2.24) is 10.6 Å². The van der Waals surface area contributed by atoms with Gasteiger partial charge in [0.05, 0.1) is 33.0 Å². The summed E-state index contributed by atoms with van der Waals surface area (Å²) in [6.07, 6.45) is 0. The minimum absolute atomic E-state index is 0.0911. The first-order valence-corrected chi connectivity index (χ1v) is 7.86. The predicted octanol–water partition coefficient (Wildman–Crippen LogP) is 0.487. The van der Waals surface area contributed by atoms with E-state index < -0.39 is 6.04 Å². The third-order valence-corrected chi connectivity index (χ3v) is 3.09. The van der Waals surface area contributed by atoms with Gasteiger partial charge in [0.15, 0.2) is 0 Å². The molecule has 1 aromatic rings. The Morgan fingerprint density at radius 3 is 2.38 bits per heavy atom. The van der Waals surface area contributed by atoms with E-state index in [-0.39, 0.29) is 18.4 Å². The van der Waals surface area contributed by atoms with E-state index in [1.165, 1.54) is 6.92 Å². The van der Waals surface area contributed by atoms with E-state index in [4.69, 9.17) is 14.2 Å². The molecule has 24 heavy (non-hydrogen) atoms. The molecule has 0 aliphatic heterocycles. The fraction of sp³-hybridized carbons (Fsp3) is 0.529. The van der Waals surface area contributed by atoms with Gasteiger partial charge in [-0.25, -0.2) is 0 Å². The molecule has 0 spiro atoms. The summed E-state index contributed by atoms with van der Waals surface area (Å²) in [6, 6.07) is 8.82. The zero-order valence-corrected chi connectivity index (χ0v) is 14.2. The maximum Gasteiger partial charge on any atom is 0.245 e. The van der Waals surface area contributed by atoms with E-state index >= 15 is 0 Å². The summed E-state index contributed by atoms with van der Waals surface area (Å²) < 4.78 is 15.5. The van der Waals surface area contributed by atoms with Crippen molar-refractivity contribution in [3.63, 3.8) is 0 Å². The first-order chi connectivity index (χ1) is 11.6. The minimum atomic E-state index is -0.731. The van der Waals surface area contributed by atoms with Gasteiger partial charge in [-0.3, -0.25) is 9.59 Å². The van der Waals surface area contributed by atoms with Crippen LogP contribution in [0.15, 0.2) is 30.3 Å². The van der Waals surface area contributed by atoms with E-state index in [1.807, 2.05) is 30.3 Å². The standard InChI is InChI=1S/C17H26N2O5/c1-14(20)19-16(13-24-11-10-23-9-8-22-2)17(21)18-12-15-6-4-3-5-7-15/h3-7,16H,8-13H2,1-2H3,(H,18,21)(H,19,20)/t16-/m1/s1. The summed E-state index contributed by atoms with van der Waals surface area (Å²) >= 11 is 0. The molecule has 0 saturated carbocycles. The van der Waals surface area contributed by atoms with Crippen molar-refractivity contribution in [3.8, 4) is 0 Å². The molecule has 0 aliphatic carbocycles. The second kappa shape index (κ2) is 12.5. The number of carbonyl (C=O) groups excluding carboxylic acids is 2. The van der Waals surface area contributed by atoms with Crippen LogP contribution in [-0.4, -0.2) is 58.0 Å².